The third-order valence-corrected chi connectivity index (χ3v) is 2.78. The van der Waals surface area contributed by atoms with Crippen molar-refractivity contribution in [3.8, 4) is 0 Å². The first kappa shape index (κ1) is 7.65. The molecule has 0 aliphatic carbocycles. The minimum atomic E-state index is 0.0775. The highest BCUT2D eigenvalue weighted by Gasteiger charge is 2.37. The van der Waals surface area contributed by atoms with E-state index in [2.05, 4.69) is 16.8 Å². The van der Waals surface area contributed by atoms with E-state index in [4.69, 9.17) is 0 Å². The summed E-state index contributed by atoms with van der Waals surface area (Å²) < 4.78 is 0. The number of carbonyl (C=O) groups is 1. The predicted octanol–water partition coefficient (Wildman–Crippen LogP) is 0.483. The van der Waals surface area contributed by atoms with Crippen LogP contribution in [0.4, 0.5) is 0 Å². The largest absolute Gasteiger partial charge is 0.362 e. The Labute approximate surface area is 72.4 Å². The first-order valence-electron chi connectivity index (χ1n) is 4.46. The molecule has 2 aliphatic heterocycles. The van der Waals surface area contributed by atoms with Crippen molar-refractivity contribution >= 4 is 5.91 Å². The van der Waals surface area contributed by atoms with Gasteiger partial charge in [0.05, 0.1) is 6.04 Å². The normalized spacial score (nSPS) is 34.9. The van der Waals surface area contributed by atoms with E-state index in [1.807, 2.05) is 6.92 Å². The van der Waals surface area contributed by atoms with Crippen LogP contribution >= 0.6 is 0 Å². The second-order valence-electron chi connectivity index (χ2n) is 3.57. The SMILES string of the molecule is C=C1C(C)NC(=O)[C@@H]2CCCN12. The first-order chi connectivity index (χ1) is 5.70. The van der Waals surface area contributed by atoms with Crippen molar-refractivity contribution in [2.75, 3.05) is 6.54 Å². The van der Waals surface area contributed by atoms with Crippen molar-refractivity contribution in [2.45, 2.75) is 31.8 Å². The molecule has 2 rings (SSSR count). The molecular weight excluding hydrogens is 152 g/mol. The maximum Gasteiger partial charge on any atom is 0.243 e. The van der Waals surface area contributed by atoms with E-state index in [0.29, 0.717) is 0 Å². The highest BCUT2D eigenvalue weighted by atomic mass is 16.2. The number of rotatable bonds is 0. The molecule has 1 amide bonds. The Balaban J connectivity index is 2.23. The number of nitrogens with zero attached hydrogens (tertiary/aromatic N) is 1. The molecule has 0 radical (unpaired) electrons. The van der Waals surface area contributed by atoms with Gasteiger partial charge in [-0.2, -0.15) is 0 Å². The topological polar surface area (TPSA) is 32.3 Å². The number of fused-ring (bicyclic) bond motifs is 1. The van der Waals surface area contributed by atoms with Crippen molar-refractivity contribution in [3.63, 3.8) is 0 Å². The van der Waals surface area contributed by atoms with Crippen molar-refractivity contribution in [1.29, 1.82) is 0 Å². The summed E-state index contributed by atoms with van der Waals surface area (Å²) in [5.74, 6) is 0.174. The molecule has 0 aromatic rings. The Morgan fingerprint density at radius 1 is 1.67 bits per heavy atom. The number of amides is 1. The summed E-state index contributed by atoms with van der Waals surface area (Å²) in [4.78, 5) is 13.6. The molecule has 0 saturated carbocycles. The average molecular weight is 166 g/mol. The van der Waals surface area contributed by atoms with Crippen LogP contribution in [-0.4, -0.2) is 29.4 Å². The monoisotopic (exact) mass is 166 g/mol. The van der Waals surface area contributed by atoms with Crippen LogP contribution < -0.4 is 5.32 Å². The van der Waals surface area contributed by atoms with E-state index in [9.17, 15) is 4.79 Å². The lowest BCUT2D eigenvalue weighted by molar-refractivity contribution is -0.127. The molecule has 66 valence electrons. The highest BCUT2D eigenvalue weighted by molar-refractivity contribution is 5.84. The van der Waals surface area contributed by atoms with Gasteiger partial charge in [0.15, 0.2) is 0 Å². The molecule has 3 heteroatoms. The summed E-state index contributed by atoms with van der Waals surface area (Å²) in [5.41, 5.74) is 1.07. The fourth-order valence-electron chi connectivity index (χ4n) is 2.02. The standard InChI is InChI=1S/C9H14N2O/c1-6-7(2)11-5-3-4-8(11)9(12)10-6/h6,8H,2-5H2,1H3,(H,10,12)/t6?,8-/m0/s1. The minimum Gasteiger partial charge on any atom is -0.362 e. The van der Waals surface area contributed by atoms with E-state index in [0.717, 1.165) is 25.1 Å². The summed E-state index contributed by atoms with van der Waals surface area (Å²) in [6, 6.07) is 0.195. The number of carbonyl (C=O) groups excluding carboxylic acids is 1. The van der Waals surface area contributed by atoms with Gasteiger partial charge in [0.2, 0.25) is 5.91 Å². The van der Waals surface area contributed by atoms with E-state index < -0.39 is 0 Å². The number of piperazine rings is 1. The Kier molecular flexibility index (Phi) is 1.60. The molecule has 0 aromatic heterocycles. The van der Waals surface area contributed by atoms with Crippen LogP contribution in [0, 0.1) is 0 Å². The average Bonchev–Trinajstić information content (AvgIpc) is 2.48. The maximum atomic E-state index is 11.4. The molecule has 3 nitrogen and oxygen atoms in total. The molecule has 2 aliphatic rings. The van der Waals surface area contributed by atoms with Gasteiger partial charge in [-0.1, -0.05) is 6.58 Å². The Morgan fingerprint density at radius 2 is 2.42 bits per heavy atom. The molecule has 0 bridgehead atoms. The zero-order chi connectivity index (χ0) is 8.72. The van der Waals surface area contributed by atoms with Gasteiger partial charge in [0.1, 0.15) is 6.04 Å². The summed E-state index contributed by atoms with van der Waals surface area (Å²) in [6.07, 6.45) is 2.10. The third-order valence-electron chi connectivity index (χ3n) is 2.78. The summed E-state index contributed by atoms with van der Waals surface area (Å²) in [5, 5.41) is 2.92. The maximum absolute atomic E-state index is 11.4. The number of nitrogens with one attached hydrogen (secondary N) is 1. The van der Waals surface area contributed by atoms with E-state index >= 15 is 0 Å². The molecule has 12 heavy (non-hydrogen) atoms. The third kappa shape index (κ3) is 0.924. The van der Waals surface area contributed by atoms with Crippen LogP contribution in [0.5, 0.6) is 0 Å². The van der Waals surface area contributed by atoms with Gasteiger partial charge in [0, 0.05) is 12.2 Å². The van der Waals surface area contributed by atoms with Crippen LogP contribution in [0.15, 0.2) is 12.3 Å². The van der Waals surface area contributed by atoms with Crippen LogP contribution in [0.3, 0.4) is 0 Å². The molecule has 2 fully saturated rings. The Hall–Kier alpha value is -0.990. The quantitative estimate of drug-likeness (QED) is 0.568. The second-order valence-corrected chi connectivity index (χ2v) is 3.57. The van der Waals surface area contributed by atoms with Gasteiger partial charge < -0.3 is 10.2 Å². The molecule has 0 spiro atoms. The lowest BCUT2D eigenvalue weighted by Gasteiger charge is -2.37. The van der Waals surface area contributed by atoms with E-state index in [1.54, 1.807) is 0 Å². The minimum absolute atomic E-state index is 0.0775. The van der Waals surface area contributed by atoms with Crippen LogP contribution in [-0.2, 0) is 4.79 Å². The molecule has 0 aromatic carbocycles. The zero-order valence-electron chi connectivity index (χ0n) is 7.34. The number of hydrogen-bond acceptors (Lipinski definition) is 2. The van der Waals surface area contributed by atoms with Crippen molar-refractivity contribution in [3.05, 3.63) is 12.3 Å². The Morgan fingerprint density at radius 3 is 3.17 bits per heavy atom. The lowest BCUT2D eigenvalue weighted by Crippen LogP contribution is -2.54. The molecule has 1 unspecified atom stereocenters. The van der Waals surface area contributed by atoms with Gasteiger partial charge in [-0.15, -0.1) is 0 Å². The molecule has 1 N–H and O–H groups in total. The fourth-order valence-corrected chi connectivity index (χ4v) is 2.02. The fraction of sp³-hybridized carbons (Fsp3) is 0.667. The molecule has 2 atom stereocenters. The second kappa shape index (κ2) is 2.51. The lowest BCUT2D eigenvalue weighted by atomic mass is 10.1. The van der Waals surface area contributed by atoms with Gasteiger partial charge in [0.25, 0.3) is 0 Å². The van der Waals surface area contributed by atoms with Crippen molar-refractivity contribution in [1.82, 2.24) is 10.2 Å². The smallest absolute Gasteiger partial charge is 0.243 e. The first-order valence-corrected chi connectivity index (χ1v) is 4.46. The van der Waals surface area contributed by atoms with Gasteiger partial charge in [-0.05, 0) is 19.8 Å². The van der Waals surface area contributed by atoms with Crippen molar-refractivity contribution in [2.24, 2.45) is 0 Å². The van der Waals surface area contributed by atoms with E-state index in [-0.39, 0.29) is 18.0 Å². The predicted molar refractivity (Wildman–Crippen MR) is 46.5 cm³/mol. The van der Waals surface area contributed by atoms with Gasteiger partial charge >= 0.3 is 0 Å². The van der Waals surface area contributed by atoms with Crippen molar-refractivity contribution < 1.29 is 4.79 Å². The summed E-state index contributed by atoms with van der Waals surface area (Å²) in [6.45, 7) is 6.97. The van der Waals surface area contributed by atoms with Crippen LogP contribution in [0.25, 0.3) is 0 Å². The van der Waals surface area contributed by atoms with Crippen LogP contribution in [0.1, 0.15) is 19.8 Å². The Bertz CT molecular complexity index is 237. The van der Waals surface area contributed by atoms with Crippen LogP contribution in [0.2, 0.25) is 0 Å². The van der Waals surface area contributed by atoms with E-state index in [1.165, 1.54) is 0 Å². The van der Waals surface area contributed by atoms with Gasteiger partial charge in [-0.3, -0.25) is 4.79 Å². The zero-order valence-corrected chi connectivity index (χ0v) is 7.34. The molecular formula is C9H14N2O. The van der Waals surface area contributed by atoms with Gasteiger partial charge in [-0.25, -0.2) is 0 Å². The number of hydrogen-bond donors (Lipinski definition) is 1. The highest BCUT2D eigenvalue weighted by Crippen LogP contribution is 2.26. The summed E-state index contributed by atoms with van der Waals surface area (Å²) >= 11 is 0. The summed E-state index contributed by atoms with van der Waals surface area (Å²) in [7, 11) is 0. The molecule has 2 heterocycles. The molecule has 2 saturated heterocycles.